The molecule has 26 heavy (non-hydrogen) atoms. The van der Waals surface area contributed by atoms with Crippen LogP contribution in [-0.2, 0) is 4.79 Å². The topological polar surface area (TPSA) is 44.8 Å². The summed E-state index contributed by atoms with van der Waals surface area (Å²) in [6.45, 7) is 6.44. The van der Waals surface area contributed by atoms with Crippen LogP contribution in [-0.4, -0.2) is 50.1 Å². The predicted octanol–water partition coefficient (Wildman–Crippen LogP) is 3.50. The van der Waals surface area contributed by atoms with Crippen LogP contribution in [0.4, 0.5) is 11.4 Å². The van der Waals surface area contributed by atoms with Gasteiger partial charge in [-0.2, -0.15) is 0 Å². The van der Waals surface area contributed by atoms with Crippen molar-refractivity contribution < 1.29 is 9.53 Å². The fourth-order valence-corrected chi connectivity index (χ4v) is 3.30. The van der Waals surface area contributed by atoms with Gasteiger partial charge >= 0.3 is 0 Å². The van der Waals surface area contributed by atoms with E-state index in [-0.39, 0.29) is 5.91 Å². The highest BCUT2D eigenvalue weighted by molar-refractivity contribution is 6.30. The molecule has 1 heterocycles. The molecule has 3 rings (SSSR count). The molecule has 1 fully saturated rings. The third-order valence-electron chi connectivity index (χ3n) is 4.35. The summed E-state index contributed by atoms with van der Waals surface area (Å²) in [6, 6.07) is 15.3. The third kappa shape index (κ3) is 4.90. The number of nitrogens with zero attached hydrogens (tertiary/aromatic N) is 2. The zero-order valence-corrected chi connectivity index (χ0v) is 15.7. The summed E-state index contributed by atoms with van der Waals surface area (Å²) in [4.78, 5) is 16.7. The Bertz CT molecular complexity index is 745. The number of halogens is 1. The summed E-state index contributed by atoms with van der Waals surface area (Å²) < 4.78 is 5.73. The molecule has 0 radical (unpaired) electrons. The van der Waals surface area contributed by atoms with E-state index in [0.29, 0.717) is 18.2 Å². The first kappa shape index (κ1) is 18.5. The number of para-hydroxylation sites is 2. The number of carbonyl (C=O) groups is 1. The molecule has 0 aromatic heterocycles. The zero-order chi connectivity index (χ0) is 18.4. The van der Waals surface area contributed by atoms with Gasteiger partial charge < -0.3 is 15.0 Å². The number of ether oxygens (including phenoxy) is 1. The number of benzene rings is 2. The molecule has 0 atom stereocenters. The van der Waals surface area contributed by atoms with E-state index in [2.05, 4.69) is 21.2 Å². The standard InChI is InChI=1S/C20H24ClN3O2/c1-2-26-19-9-4-3-8-18(19)24-12-10-23(11-13-24)15-20(25)22-17-7-5-6-16(21)14-17/h3-9,14H,2,10-13,15H2,1H3,(H,22,25). The first-order chi connectivity index (χ1) is 12.7. The van der Waals surface area contributed by atoms with Gasteiger partial charge in [0.05, 0.1) is 18.8 Å². The van der Waals surface area contributed by atoms with E-state index in [4.69, 9.17) is 16.3 Å². The number of carbonyl (C=O) groups excluding carboxylic acids is 1. The monoisotopic (exact) mass is 373 g/mol. The summed E-state index contributed by atoms with van der Waals surface area (Å²) in [6.07, 6.45) is 0. The van der Waals surface area contributed by atoms with Gasteiger partial charge in [-0.05, 0) is 37.3 Å². The minimum Gasteiger partial charge on any atom is -0.492 e. The van der Waals surface area contributed by atoms with Gasteiger partial charge in [0.25, 0.3) is 0 Å². The second-order valence-electron chi connectivity index (χ2n) is 6.22. The molecule has 0 unspecified atom stereocenters. The maximum atomic E-state index is 12.3. The number of amides is 1. The van der Waals surface area contributed by atoms with Crippen molar-refractivity contribution in [3.63, 3.8) is 0 Å². The molecule has 2 aromatic carbocycles. The van der Waals surface area contributed by atoms with E-state index in [1.807, 2.05) is 37.3 Å². The molecular weight excluding hydrogens is 350 g/mol. The highest BCUT2D eigenvalue weighted by atomic mass is 35.5. The van der Waals surface area contributed by atoms with Gasteiger partial charge in [0.2, 0.25) is 5.91 Å². The molecule has 6 heteroatoms. The molecular formula is C20H24ClN3O2. The largest absolute Gasteiger partial charge is 0.492 e. The lowest BCUT2D eigenvalue weighted by Gasteiger charge is -2.36. The summed E-state index contributed by atoms with van der Waals surface area (Å²) >= 11 is 5.95. The molecule has 1 aliphatic heterocycles. The van der Waals surface area contributed by atoms with Gasteiger partial charge in [-0.3, -0.25) is 9.69 Å². The fourth-order valence-electron chi connectivity index (χ4n) is 3.11. The second-order valence-corrected chi connectivity index (χ2v) is 6.66. The van der Waals surface area contributed by atoms with Crippen molar-refractivity contribution in [2.75, 3.05) is 49.5 Å². The average Bonchev–Trinajstić information content (AvgIpc) is 2.63. The van der Waals surface area contributed by atoms with Crippen LogP contribution in [0, 0.1) is 0 Å². The van der Waals surface area contributed by atoms with Crippen molar-refractivity contribution in [2.45, 2.75) is 6.92 Å². The molecule has 138 valence electrons. The quantitative estimate of drug-likeness (QED) is 0.841. The van der Waals surface area contributed by atoms with E-state index in [1.54, 1.807) is 12.1 Å². The van der Waals surface area contributed by atoms with Gasteiger partial charge in [-0.15, -0.1) is 0 Å². The Labute approximate surface area is 159 Å². The van der Waals surface area contributed by atoms with Crippen molar-refractivity contribution in [3.8, 4) is 5.75 Å². The normalized spacial score (nSPS) is 14.9. The number of piperazine rings is 1. The zero-order valence-electron chi connectivity index (χ0n) is 15.0. The van der Waals surface area contributed by atoms with Crippen molar-refractivity contribution in [2.24, 2.45) is 0 Å². The number of rotatable bonds is 6. The van der Waals surface area contributed by atoms with E-state index in [9.17, 15) is 4.79 Å². The van der Waals surface area contributed by atoms with Gasteiger partial charge in [0, 0.05) is 36.9 Å². The van der Waals surface area contributed by atoms with Gasteiger partial charge in [0.1, 0.15) is 5.75 Å². The first-order valence-corrected chi connectivity index (χ1v) is 9.28. The number of anilines is 2. The van der Waals surface area contributed by atoms with E-state index < -0.39 is 0 Å². The Morgan fingerprint density at radius 2 is 1.88 bits per heavy atom. The Hall–Kier alpha value is -2.24. The molecule has 1 aliphatic rings. The van der Waals surface area contributed by atoms with Crippen molar-refractivity contribution in [1.29, 1.82) is 0 Å². The molecule has 0 aliphatic carbocycles. The van der Waals surface area contributed by atoms with Crippen molar-refractivity contribution >= 4 is 28.9 Å². The van der Waals surface area contributed by atoms with E-state index in [0.717, 1.165) is 43.3 Å². The minimum atomic E-state index is -0.0181. The molecule has 2 aromatic rings. The maximum Gasteiger partial charge on any atom is 0.238 e. The van der Waals surface area contributed by atoms with Crippen LogP contribution in [0.1, 0.15) is 6.92 Å². The Balaban J connectivity index is 1.52. The molecule has 1 amide bonds. The van der Waals surface area contributed by atoms with E-state index >= 15 is 0 Å². The Morgan fingerprint density at radius 3 is 2.62 bits per heavy atom. The van der Waals surface area contributed by atoms with Crippen LogP contribution in [0.5, 0.6) is 5.75 Å². The number of hydrogen-bond acceptors (Lipinski definition) is 4. The van der Waals surface area contributed by atoms with Crippen LogP contribution in [0.15, 0.2) is 48.5 Å². The first-order valence-electron chi connectivity index (χ1n) is 8.90. The van der Waals surface area contributed by atoms with Crippen LogP contribution < -0.4 is 15.0 Å². The van der Waals surface area contributed by atoms with Crippen molar-refractivity contribution in [3.05, 3.63) is 53.6 Å². The molecule has 1 saturated heterocycles. The van der Waals surface area contributed by atoms with Crippen molar-refractivity contribution in [1.82, 2.24) is 4.90 Å². The lowest BCUT2D eigenvalue weighted by atomic mass is 10.2. The Morgan fingerprint density at radius 1 is 1.12 bits per heavy atom. The minimum absolute atomic E-state index is 0.0181. The number of hydrogen-bond donors (Lipinski definition) is 1. The smallest absolute Gasteiger partial charge is 0.238 e. The summed E-state index contributed by atoms with van der Waals surface area (Å²) in [5.74, 6) is 0.901. The summed E-state index contributed by atoms with van der Waals surface area (Å²) in [5.41, 5.74) is 1.85. The van der Waals surface area contributed by atoms with Gasteiger partial charge in [0.15, 0.2) is 0 Å². The highest BCUT2D eigenvalue weighted by Crippen LogP contribution is 2.28. The predicted molar refractivity (Wildman–Crippen MR) is 106 cm³/mol. The molecule has 5 nitrogen and oxygen atoms in total. The molecule has 0 saturated carbocycles. The summed E-state index contributed by atoms with van der Waals surface area (Å²) in [5, 5.41) is 3.52. The highest BCUT2D eigenvalue weighted by Gasteiger charge is 2.21. The lowest BCUT2D eigenvalue weighted by Crippen LogP contribution is -2.48. The maximum absolute atomic E-state index is 12.3. The third-order valence-corrected chi connectivity index (χ3v) is 4.59. The van der Waals surface area contributed by atoms with Gasteiger partial charge in [-0.25, -0.2) is 0 Å². The Kier molecular flexibility index (Phi) is 6.36. The van der Waals surface area contributed by atoms with E-state index in [1.165, 1.54) is 0 Å². The van der Waals surface area contributed by atoms with Crippen LogP contribution in [0.2, 0.25) is 5.02 Å². The van der Waals surface area contributed by atoms with Gasteiger partial charge in [-0.1, -0.05) is 29.8 Å². The second kappa shape index (κ2) is 8.92. The number of nitrogens with one attached hydrogen (secondary N) is 1. The van der Waals surface area contributed by atoms with Crippen LogP contribution >= 0.6 is 11.6 Å². The average molecular weight is 374 g/mol. The molecule has 1 N–H and O–H groups in total. The summed E-state index contributed by atoms with van der Waals surface area (Å²) in [7, 11) is 0. The fraction of sp³-hybridized carbons (Fsp3) is 0.350. The van der Waals surface area contributed by atoms with Crippen LogP contribution in [0.3, 0.4) is 0 Å². The lowest BCUT2D eigenvalue weighted by molar-refractivity contribution is -0.117. The SMILES string of the molecule is CCOc1ccccc1N1CCN(CC(=O)Nc2cccc(Cl)c2)CC1. The van der Waals surface area contributed by atoms with Crippen LogP contribution in [0.25, 0.3) is 0 Å². The molecule has 0 spiro atoms. The molecule has 0 bridgehead atoms.